The molecule has 0 atom stereocenters. The van der Waals surface area contributed by atoms with Crippen molar-refractivity contribution in [2.45, 2.75) is 0 Å². The Kier molecular flexibility index (Phi) is 3.37. The molecule has 1 heterocycles. The summed E-state index contributed by atoms with van der Waals surface area (Å²) < 4.78 is 5.52. The maximum Gasteiger partial charge on any atom is 0.300 e. The third-order valence-corrected chi connectivity index (χ3v) is 3.15. The second-order valence-electron chi connectivity index (χ2n) is 4.17. The van der Waals surface area contributed by atoms with Crippen LogP contribution in [0.2, 0.25) is 5.02 Å². The maximum absolute atomic E-state index is 11.1. The summed E-state index contributed by atoms with van der Waals surface area (Å²) in [5.74, 6) is 0.350. The van der Waals surface area contributed by atoms with Crippen molar-refractivity contribution in [3.05, 3.63) is 63.7 Å². The van der Waals surface area contributed by atoms with Crippen LogP contribution in [0.25, 0.3) is 22.9 Å². The van der Waals surface area contributed by atoms with Crippen molar-refractivity contribution < 1.29 is 9.34 Å². The number of aromatic nitrogens is 2. The Balaban J connectivity index is 2.09. The molecule has 0 saturated heterocycles. The Morgan fingerprint density at radius 1 is 1.00 bits per heavy atom. The van der Waals surface area contributed by atoms with Crippen LogP contribution in [0.1, 0.15) is 0 Å². The first-order chi connectivity index (χ1) is 10.2. The normalized spacial score (nSPS) is 10.5. The lowest BCUT2D eigenvalue weighted by molar-refractivity contribution is -0.384. The molecule has 1 aromatic heterocycles. The van der Waals surface area contributed by atoms with Gasteiger partial charge in [0, 0.05) is 5.56 Å². The number of rotatable bonds is 3. The number of nitrogens with zero attached hydrogens (tertiary/aromatic N) is 3. The van der Waals surface area contributed by atoms with Crippen molar-refractivity contribution >= 4 is 17.3 Å². The zero-order valence-electron chi connectivity index (χ0n) is 10.6. The molecule has 3 aromatic rings. The first kappa shape index (κ1) is 13.3. The fraction of sp³-hybridized carbons (Fsp3) is 0. The smallest absolute Gasteiger partial charge is 0.300 e. The monoisotopic (exact) mass is 301 g/mol. The molecule has 0 fully saturated rings. The molecule has 21 heavy (non-hydrogen) atoms. The summed E-state index contributed by atoms with van der Waals surface area (Å²) in [4.78, 5) is 10.6. The number of nitro benzene ring substituents is 1. The van der Waals surface area contributed by atoms with E-state index in [1.807, 2.05) is 30.3 Å². The summed E-state index contributed by atoms with van der Waals surface area (Å²) in [5, 5.41) is 18.9. The van der Waals surface area contributed by atoms with Gasteiger partial charge in [0.25, 0.3) is 5.89 Å². The van der Waals surface area contributed by atoms with E-state index >= 15 is 0 Å². The van der Waals surface area contributed by atoms with Crippen LogP contribution < -0.4 is 0 Å². The van der Waals surface area contributed by atoms with Crippen molar-refractivity contribution in [1.29, 1.82) is 0 Å². The van der Waals surface area contributed by atoms with Gasteiger partial charge in [-0.15, -0.1) is 10.2 Å². The van der Waals surface area contributed by atoms with E-state index in [-0.39, 0.29) is 22.2 Å². The lowest BCUT2D eigenvalue weighted by Crippen LogP contribution is -1.93. The van der Waals surface area contributed by atoms with Gasteiger partial charge >= 0.3 is 5.69 Å². The molecule has 2 aromatic carbocycles. The third-order valence-electron chi connectivity index (χ3n) is 2.85. The largest absolute Gasteiger partial charge is 0.416 e. The highest BCUT2D eigenvalue weighted by Gasteiger charge is 2.23. The third kappa shape index (κ3) is 2.48. The van der Waals surface area contributed by atoms with Crippen molar-refractivity contribution in [2.75, 3.05) is 0 Å². The number of nitro groups is 1. The van der Waals surface area contributed by atoms with Gasteiger partial charge in [0.15, 0.2) is 0 Å². The number of hydrogen-bond donors (Lipinski definition) is 0. The van der Waals surface area contributed by atoms with Gasteiger partial charge in [0.1, 0.15) is 10.6 Å². The van der Waals surface area contributed by atoms with Gasteiger partial charge in [-0.1, -0.05) is 35.9 Å². The first-order valence-electron chi connectivity index (χ1n) is 5.99. The topological polar surface area (TPSA) is 82.1 Å². The van der Waals surface area contributed by atoms with E-state index in [4.69, 9.17) is 16.0 Å². The lowest BCUT2D eigenvalue weighted by Gasteiger charge is -1.99. The van der Waals surface area contributed by atoms with Crippen LogP contribution in [-0.4, -0.2) is 15.1 Å². The van der Waals surface area contributed by atoms with Crippen molar-refractivity contribution in [3.63, 3.8) is 0 Å². The maximum atomic E-state index is 11.1. The fourth-order valence-electron chi connectivity index (χ4n) is 1.90. The van der Waals surface area contributed by atoms with Crippen molar-refractivity contribution in [2.24, 2.45) is 0 Å². The second-order valence-corrected chi connectivity index (χ2v) is 4.58. The van der Waals surface area contributed by atoms with Crippen LogP contribution in [0.5, 0.6) is 0 Å². The first-order valence-corrected chi connectivity index (χ1v) is 6.37. The second kappa shape index (κ2) is 5.34. The van der Waals surface area contributed by atoms with E-state index in [1.165, 1.54) is 12.1 Å². The van der Waals surface area contributed by atoms with E-state index < -0.39 is 4.92 Å². The average Bonchev–Trinajstić information content (AvgIpc) is 2.97. The highest BCUT2D eigenvalue weighted by Crippen LogP contribution is 2.35. The number of halogens is 1. The average molecular weight is 302 g/mol. The summed E-state index contributed by atoms with van der Waals surface area (Å²) in [5.41, 5.74) is 0.686. The molecular formula is C14H8ClN3O3. The number of para-hydroxylation sites is 1. The number of hydrogen-bond acceptors (Lipinski definition) is 5. The molecule has 0 aliphatic heterocycles. The molecule has 3 rings (SSSR count). The predicted molar refractivity (Wildman–Crippen MR) is 76.8 cm³/mol. The molecule has 0 bridgehead atoms. The van der Waals surface area contributed by atoms with E-state index in [9.17, 15) is 10.1 Å². The zero-order valence-corrected chi connectivity index (χ0v) is 11.3. The minimum Gasteiger partial charge on any atom is -0.416 e. The van der Waals surface area contributed by atoms with E-state index in [2.05, 4.69) is 10.2 Å². The molecular weight excluding hydrogens is 294 g/mol. The molecule has 104 valence electrons. The van der Waals surface area contributed by atoms with E-state index in [0.29, 0.717) is 5.89 Å². The van der Waals surface area contributed by atoms with E-state index in [1.54, 1.807) is 6.07 Å². The Bertz CT molecular complexity index is 802. The fourth-order valence-corrected chi connectivity index (χ4v) is 2.15. The van der Waals surface area contributed by atoms with Gasteiger partial charge in [0.05, 0.1) is 4.92 Å². The molecule has 0 radical (unpaired) electrons. The molecule has 0 aliphatic rings. The Morgan fingerprint density at radius 3 is 2.43 bits per heavy atom. The highest BCUT2D eigenvalue weighted by molar-refractivity contribution is 6.33. The van der Waals surface area contributed by atoms with Crippen LogP contribution in [0, 0.1) is 10.1 Å². The molecule has 0 aliphatic carbocycles. The van der Waals surface area contributed by atoms with Gasteiger partial charge in [-0.3, -0.25) is 10.1 Å². The SMILES string of the molecule is O=[N+]([O-])c1c(Cl)cccc1-c1nnc(-c2ccccc2)o1. The van der Waals surface area contributed by atoms with Crippen LogP contribution >= 0.6 is 11.6 Å². The van der Waals surface area contributed by atoms with Gasteiger partial charge in [-0.2, -0.15) is 0 Å². The lowest BCUT2D eigenvalue weighted by atomic mass is 10.2. The molecule has 0 spiro atoms. The summed E-state index contributed by atoms with van der Waals surface area (Å²) >= 11 is 5.87. The van der Waals surface area contributed by atoms with Crippen molar-refractivity contribution in [3.8, 4) is 22.9 Å². The molecule has 7 heteroatoms. The Hall–Kier alpha value is -2.73. The van der Waals surface area contributed by atoms with Crippen LogP contribution in [0.4, 0.5) is 5.69 Å². The van der Waals surface area contributed by atoms with Gasteiger partial charge in [-0.25, -0.2) is 0 Å². The minimum absolute atomic E-state index is 0.0250. The summed E-state index contributed by atoms with van der Waals surface area (Å²) in [7, 11) is 0. The van der Waals surface area contributed by atoms with Gasteiger partial charge < -0.3 is 4.42 Å². The van der Waals surface area contributed by atoms with Crippen LogP contribution in [0.15, 0.2) is 52.9 Å². The van der Waals surface area contributed by atoms with Gasteiger partial charge in [-0.05, 0) is 24.3 Å². The quantitative estimate of drug-likeness (QED) is 0.540. The Labute approximate surface area is 124 Å². The Morgan fingerprint density at radius 2 is 1.71 bits per heavy atom. The summed E-state index contributed by atoms with van der Waals surface area (Å²) in [6.07, 6.45) is 0. The zero-order chi connectivity index (χ0) is 14.8. The van der Waals surface area contributed by atoms with Crippen LogP contribution in [-0.2, 0) is 0 Å². The highest BCUT2D eigenvalue weighted by atomic mass is 35.5. The predicted octanol–water partition coefficient (Wildman–Crippen LogP) is 3.97. The summed E-state index contributed by atoms with van der Waals surface area (Å²) in [6, 6.07) is 13.7. The molecule has 6 nitrogen and oxygen atoms in total. The molecule has 0 saturated carbocycles. The summed E-state index contributed by atoms with van der Waals surface area (Å²) in [6.45, 7) is 0. The van der Waals surface area contributed by atoms with Crippen molar-refractivity contribution in [1.82, 2.24) is 10.2 Å². The molecule has 0 amide bonds. The standard InChI is InChI=1S/C14H8ClN3O3/c15-11-8-4-7-10(12(11)18(19)20)14-17-16-13(21-14)9-5-2-1-3-6-9/h1-8H. The molecule has 0 unspecified atom stereocenters. The van der Waals surface area contributed by atoms with Crippen LogP contribution in [0.3, 0.4) is 0 Å². The molecule has 0 N–H and O–H groups in total. The van der Waals surface area contributed by atoms with E-state index in [0.717, 1.165) is 5.56 Å². The van der Waals surface area contributed by atoms with Gasteiger partial charge in [0.2, 0.25) is 5.89 Å². The number of benzene rings is 2. The minimum atomic E-state index is -0.565.